The van der Waals surface area contributed by atoms with Crippen LogP contribution in [0.3, 0.4) is 0 Å². The van der Waals surface area contributed by atoms with Crippen LogP contribution in [0.5, 0.6) is 0 Å². The zero-order valence-electron chi connectivity index (χ0n) is 13.3. The highest BCUT2D eigenvalue weighted by atomic mass is 28.4. The van der Waals surface area contributed by atoms with Gasteiger partial charge in [-0.1, -0.05) is 19.8 Å². The van der Waals surface area contributed by atoms with E-state index in [4.69, 9.17) is 13.3 Å². The van der Waals surface area contributed by atoms with Gasteiger partial charge in [-0.15, -0.1) is 0 Å². The van der Waals surface area contributed by atoms with Crippen LogP contribution in [0.2, 0.25) is 6.04 Å². The van der Waals surface area contributed by atoms with E-state index >= 15 is 0 Å². The van der Waals surface area contributed by atoms with Crippen molar-refractivity contribution in [1.82, 2.24) is 5.32 Å². The second-order valence-electron chi connectivity index (χ2n) is 4.54. The first-order valence-electron chi connectivity index (χ1n) is 7.87. The van der Waals surface area contributed by atoms with Crippen molar-refractivity contribution in [2.75, 3.05) is 32.9 Å². The average Bonchev–Trinajstić information content (AvgIpc) is 2.39. The molecule has 0 saturated carbocycles. The van der Waals surface area contributed by atoms with Crippen LogP contribution in [-0.2, 0) is 13.3 Å². The molecule has 0 saturated heterocycles. The normalized spacial score (nSPS) is 12.0. The summed E-state index contributed by atoms with van der Waals surface area (Å²) in [5.74, 6) is 0. The summed E-state index contributed by atoms with van der Waals surface area (Å²) in [6.07, 6.45) is 4.90. The van der Waals surface area contributed by atoms with Crippen molar-refractivity contribution in [3.63, 3.8) is 0 Å². The smallest absolute Gasteiger partial charge is 0.374 e. The summed E-state index contributed by atoms with van der Waals surface area (Å²) in [4.78, 5) is 0. The predicted octanol–water partition coefficient (Wildman–Crippen LogP) is 3.20. The summed E-state index contributed by atoms with van der Waals surface area (Å²) in [5.41, 5.74) is 0. The minimum absolute atomic E-state index is 0.663. The van der Waals surface area contributed by atoms with Gasteiger partial charge in [-0.05, 0) is 46.7 Å². The maximum absolute atomic E-state index is 5.82. The van der Waals surface area contributed by atoms with Crippen molar-refractivity contribution < 1.29 is 13.3 Å². The molecule has 0 aromatic rings. The summed E-state index contributed by atoms with van der Waals surface area (Å²) >= 11 is 0. The lowest BCUT2D eigenvalue weighted by Crippen LogP contribution is -2.46. The van der Waals surface area contributed by atoms with E-state index in [2.05, 4.69) is 12.2 Å². The molecule has 0 atom stereocenters. The molecule has 0 rings (SSSR count). The van der Waals surface area contributed by atoms with Gasteiger partial charge in [-0.3, -0.25) is 0 Å². The fourth-order valence-corrected chi connectivity index (χ4v) is 4.67. The van der Waals surface area contributed by atoms with E-state index in [0.717, 1.165) is 25.6 Å². The van der Waals surface area contributed by atoms with E-state index < -0.39 is 8.80 Å². The number of hydrogen-bond donors (Lipinski definition) is 1. The molecule has 116 valence electrons. The second kappa shape index (κ2) is 13.1. The molecule has 5 heteroatoms. The van der Waals surface area contributed by atoms with E-state index in [9.17, 15) is 0 Å². The molecule has 0 unspecified atom stereocenters. The first-order chi connectivity index (χ1) is 9.24. The molecule has 0 bridgehead atoms. The molecule has 0 aliphatic rings. The molecule has 0 fully saturated rings. The number of rotatable bonds is 14. The summed E-state index contributed by atoms with van der Waals surface area (Å²) < 4.78 is 17.5. The van der Waals surface area contributed by atoms with Gasteiger partial charge >= 0.3 is 8.80 Å². The van der Waals surface area contributed by atoms with Crippen molar-refractivity contribution >= 4 is 8.80 Å². The van der Waals surface area contributed by atoms with E-state index in [-0.39, 0.29) is 0 Å². The Labute approximate surface area is 120 Å². The van der Waals surface area contributed by atoms with E-state index in [1.54, 1.807) is 0 Å². The Morgan fingerprint density at radius 3 is 1.74 bits per heavy atom. The lowest BCUT2D eigenvalue weighted by Gasteiger charge is -2.28. The largest absolute Gasteiger partial charge is 0.500 e. The molecule has 0 aromatic carbocycles. The van der Waals surface area contributed by atoms with Gasteiger partial charge in [0.25, 0.3) is 0 Å². The first kappa shape index (κ1) is 19.1. The van der Waals surface area contributed by atoms with E-state index in [1.165, 1.54) is 19.3 Å². The van der Waals surface area contributed by atoms with Crippen molar-refractivity contribution in [2.24, 2.45) is 0 Å². The lowest BCUT2D eigenvalue weighted by molar-refractivity contribution is 0.0708. The van der Waals surface area contributed by atoms with Gasteiger partial charge in [0.15, 0.2) is 0 Å². The summed E-state index contributed by atoms with van der Waals surface area (Å²) in [6.45, 7) is 12.4. The van der Waals surface area contributed by atoms with Gasteiger partial charge < -0.3 is 18.6 Å². The molecule has 0 heterocycles. The fraction of sp³-hybridized carbons (Fsp3) is 1.00. The van der Waals surface area contributed by atoms with Gasteiger partial charge in [0.05, 0.1) is 0 Å². The van der Waals surface area contributed by atoms with Crippen molar-refractivity contribution in [1.29, 1.82) is 0 Å². The average molecular weight is 292 g/mol. The first-order valence-corrected chi connectivity index (χ1v) is 9.80. The Bertz CT molecular complexity index is 177. The molecular weight excluding hydrogens is 258 g/mol. The van der Waals surface area contributed by atoms with Gasteiger partial charge in [0.1, 0.15) is 0 Å². The van der Waals surface area contributed by atoms with Crippen molar-refractivity contribution in [2.45, 2.75) is 59.4 Å². The Balaban J connectivity index is 3.89. The highest BCUT2D eigenvalue weighted by Crippen LogP contribution is 2.17. The molecule has 1 N–H and O–H groups in total. The van der Waals surface area contributed by atoms with Crippen LogP contribution in [0.25, 0.3) is 0 Å². The maximum atomic E-state index is 5.82. The Morgan fingerprint density at radius 2 is 1.26 bits per heavy atom. The van der Waals surface area contributed by atoms with Gasteiger partial charge in [-0.25, -0.2) is 0 Å². The van der Waals surface area contributed by atoms with E-state index in [1.807, 2.05) is 20.8 Å². The molecule has 0 aromatic heterocycles. The van der Waals surface area contributed by atoms with Crippen LogP contribution in [0.1, 0.15) is 53.4 Å². The highest BCUT2D eigenvalue weighted by molar-refractivity contribution is 6.60. The van der Waals surface area contributed by atoms with Crippen LogP contribution in [0.4, 0.5) is 0 Å². The lowest BCUT2D eigenvalue weighted by atomic mass is 10.2. The quantitative estimate of drug-likeness (QED) is 0.394. The summed E-state index contributed by atoms with van der Waals surface area (Å²) in [5, 5.41) is 3.47. The zero-order chi connectivity index (χ0) is 14.4. The van der Waals surface area contributed by atoms with Gasteiger partial charge in [0, 0.05) is 25.9 Å². The minimum Gasteiger partial charge on any atom is -0.374 e. The third kappa shape index (κ3) is 9.57. The van der Waals surface area contributed by atoms with Gasteiger partial charge in [0.2, 0.25) is 0 Å². The molecule has 0 amide bonds. The van der Waals surface area contributed by atoms with Crippen LogP contribution >= 0.6 is 0 Å². The molecule has 19 heavy (non-hydrogen) atoms. The third-order valence-corrected chi connectivity index (χ3v) is 6.04. The molecule has 0 radical (unpaired) electrons. The summed E-state index contributed by atoms with van der Waals surface area (Å²) in [6, 6.07) is 0.906. The van der Waals surface area contributed by atoms with Crippen molar-refractivity contribution in [3.8, 4) is 0 Å². The molecule has 0 spiro atoms. The molecule has 4 nitrogen and oxygen atoms in total. The zero-order valence-corrected chi connectivity index (χ0v) is 14.3. The minimum atomic E-state index is -2.41. The highest BCUT2D eigenvalue weighted by Gasteiger charge is 2.39. The van der Waals surface area contributed by atoms with Gasteiger partial charge in [-0.2, -0.15) is 0 Å². The molecule has 0 aliphatic heterocycles. The Morgan fingerprint density at radius 1 is 0.737 bits per heavy atom. The topological polar surface area (TPSA) is 39.7 Å². The summed E-state index contributed by atoms with van der Waals surface area (Å²) in [7, 11) is -2.41. The molecular formula is C14H33NO3Si. The van der Waals surface area contributed by atoms with Crippen LogP contribution in [0.15, 0.2) is 0 Å². The maximum Gasteiger partial charge on any atom is 0.500 e. The fourth-order valence-electron chi connectivity index (χ4n) is 2.06. The Hall–Kier alpha value is 0.0569. The molecule has 0 aliphatic carbocycles. The predicted molar refractivity (Wildman–Crippen MR) is 82.5 cm³/mol. The Kier molecular flexibility index (Phi) is 13.1. The number of nitrogens with one attached hydrogen (secondary N) is 1. The second-order valence-corrected chi connectivity index (χ2v) is 7.27. The SMILES string of the molecule is CCCCCNCCC[Si](OCC)(OCC)OCC. The van der Waals surface area contributed by atoms with E-state index in [0.29, 0.717) is 19.8 Å². The monoisotopic (exact) mass is 291 g/mol. The number of unbranched alkanes of at least 4 members (excludes halogenated alkanes) is 2. The standard InChI is InChI=1S/C14H33NO3Si/c1-5-9-10-12-15-13-11-14-19(16-6-2,17-7-3)18-8-4/h15H,5-14H2,1-4H3. The number of hydrogen-bond acceptors (Lipinski definition) is 4. The van der Waals surface area contributed by atoms with Crippen LogP contribution in [0, 0.1) is 0 Å². The third-order valence-electron chi connectivity index (χ3n) is 2.89. The van der Waals surface area contributed by atoms with Crippen LogP contribution in [-0.4, -0.2) is 41.7 Å². The van der Waals surface area contributed by atoms with Crippen molar-refractivity contribution in [3.05, 3.63) is 0 Å². The van der Waals surface area contributed by atoms with Crippen LogP contribution < -0.4 is 5.32 Å².